The first kappa shape index (κ1) is 19.1. The molecule has 142 valence electrons. The minimum absolute atomic E-state index is 0.00133. The van der Waals surface area contributed by atoms with Gasteiger partial charge in [-0.1, -0.05) is 12.2 Å². The van der Waals surface area contributed by atoms with Gasteiger partial charge in [0.2, 0.25) is 15.9 Å². The van der Waals surface area contributed by atoms with Gasteiger partial charge in [0.25, 0.3) is 0 Å². The minimum atomic E-state index is -3.79. The second kappa shape index (κ2) is 7.50. The third-order valence-electron chi connectivity index (χ3n) is 4.56. The van der Waals surface area contributed by atoms with Crippen LogP contribution in [0, 0.1) is 5.92 Å². The zero-order chi connectivity index (χ0) is 18.8. The van der Waals surface area contributed by atoms with Crippen LogP contribution in [0.5, 0.6) is 0 Å². The number of benzene rings is 1. The van der Waals surface area contributed by atoms with Crippen LogP contribution < -0.4 is 10.0 Å². The van der Waals surface area contributed by atoms with Crippen LogP contribution in [0.3, 0.4) is 0 Å². The number of hydrogen-bond acceptors (Lipinski definition) is 5. The summed E-state index contributed by atoms with van der Waals surface area (Å²) in [5.41, 5.74) is 0.527. The first-order valence-corrected chi connectivity index (χ1v) is 11.8. The summed E-state index contributed by atoms with van der Waals surface area (Å²) in [6.07, 6.45) is 6.79. The molecule has 9 heteroatoms. The quantitative estimate of drug-likeness (QED) is 0.705. The molecular formula is C17H22N2O5S2. The SMILES string of the molecule is O=C(CC1C=CCC1)Nc1ccc(S(=O)(=O)NC2CCS(=O)(=O)C2)cc1. The molecule has 1 aromatic carbocycles. The van der Waals surface area contributed by atoms with Crippen LogP contribution in [0.15, 0.2) is 41.3 Å². The number of sulfonamides is 1. The Labute approximate surface area is 153 Å². The fourth-order valence-corrected chi connectivity index (χ4v) is 6.26. The second-order valence-electron chi connectivity index (χ2n) is 6.76. The molecule has 26 heavy (non-hydrogen) atoms. The average Bonchev–Trinajstić information content (AvgIpc) is 3.16. The monoisotopic (exact) mass is 398 g/mol. The van der Waals surface area contributed by atoms with Gasteiger partial charge >= 0.3 is 0 Å². The first-order valence-electron chi connectivity index (χ1n) is 8.53. The maximum atomic E-state index is 12.4. The lowest BCUT2D eigenvalue weighted by atomic mass is 10.1. The van der Waals surface area contributed by atoms with Gasteiger partial charge in [-0.3, -0.25) is 4.79 Å². The normalized spacial score (nSPS) is 24.6. The van der Waals surface area contributed by atoms with Crippen molar-refractivity contribution in [2.75, 3.05) is 16.8 Å². The van der Waals surface area contributed by atoms with E-state index in [0.29, 0.717) is 12.1 Å². The number of nitrogens with one attached hydrogen (secondary N) is 2. The van der Waals surface area contributed by atoms with Crippen LogP contribution in [0.4, 0.5) is 5.69 Å². The molecule has 1 saturated heterocycles. The summed E-state index contributed by atoms with van der Waals surface area (Å²) in [7, 11) is -6.95. The van der Waals surface area contributed by atoms with Gasteiger partial charge in [0.05, 0.1) is 16.4 Å². The lowest BCUT2D eigenvalue weighted by Crippen LogP contribution is -2.35. The molecular weight excluding hydrogens is 376 g/mol. The first-order chi connectivity index (χ1) is 12.2. The van der Waals surface area contributed by atoms with Crippen LogP contribution in [-0.2, 0) is 24.7 Å². The molecule has 2 unspecified atom stereocenters. The van der Waals surface area contributed by atoms with Crippen molar-refractivity contribution in [3.05, 3.63) is 36.4 Å². The highest BCUT2D eigenvalue weighted by Crippen LogP contribution is 2.22. The molecule has 3 rings (SSSR count). The largest absolute Gasteiger partial charge is 0.326 e. The van der Waals surface area contributed by atoms with Gasteiger partial charge in [-0.15, -0.1) is 0 Å². The summed E-state index contributed by atoms with van der Waals surface area (Å²) in [5.74, 6) is -0.00915. The summed E-state index contributed by atoms with van der Waals surface area (Å²) in [4.78, 5) is 12.0. The number of allylic oxidation sites excluding steroid dienone is 2. The van der Waals surface area contributed by atoms with E-state index in [1.807, 2.05) is 6.08 Å². The average molecular weight is 399 g/mol. The molecule has 2 aliphatic rings. The fraction of sp³-hybridized carbons (Fsp3) is 0.471. The highest BCUT2D eigenvalue weighted by Gasteiger charge is 2.31. The van der Waals surface area contributed by atoms with Crippen molar-refractivity contribution >= 4 is 31.5 Å². The summed E-state index contributed by atoms with van der Waals surface area (Å²) in [6, 6.07) is 5.27. The molecule has 0 saturated carbocycles. The summed E-state index contributed by atoms with van der Waals surface area (Å²) in [5, 5.41) is 2.76. The Hall–Kier alpha value is -1.71. The van der Waals surface area contributed by atoms with Crippen molar-refractivity contribution in [3.8, 4) is 0 Å². The lowest BCUT2D eigenvalue weighted by Gasteiger charge is -2.12. The lowest BCUT2D eigenvalue weighted by molar-refractivity contribution is -0.116. The molecule has 1 heterocycles. The Balaban J connectivity index is 1.59. The highest BCUT2D eigenvalue weighted by molar-refractivity contribution is 7.92. The summed E-state index contributed by atoms with van der Waals surface area (Å²) in [6.45, 7) is 0. The number of amides is 1. The maximum absolute atomic E-state index is 12.4. The van der Waals surface area contributed by atoms with E-state index in [-0.39, 0.29) is 34.6 Å². The molecule has 1 aliphatic heterocycles. The van der Waals surface area contributed by atoms with E-state index in [1.54, 1.807) is 0 Å². The van der Waals surface area contributed by atoms with Gasteiger partial charge in [-0.25, -0.2) is 21.6 Å². The van der Waals surface area contributed by atoms with Gasteiger partial charge in [-0.2, -0.15) is 0 Å². The van der Waals surface area contributed by atoms with Crippen molar-refractivity contribution in [2.24, 2.45) is 5.92 Å². The molecule has 1 aliphatic carbocycles. The van der Waals surface area contributed by atoms with Gasteiger partial charge in [0.1, 0.15) is 0 Å². The van der Waals surface area contributed by atoms with Crippen LogP contribution >= 0.6 is 0 Å². The predicted molar refractivity (Wildman–Crippen MR) is 98.9 cm³/mol. The van der Waals surface area contributed by atoms with Gasteiger partial charge in [0.15, 0.2) is 9.84 Å². The van der Waals surface area contributed by atoms with Crippen LogP contribution in [0.25, 0.3) is 0 Å². The molecule has 2 N–H and O–H groups in total. The predicted octanol–water partition coefficient (Wildman–Crippen LogP) is 1.45. The number of rotatable bonds is 6. The Morgan fingerprint density at radius 2 is 1.88 bits per heavy atom. The molecule has 1 amide bonds. The van der Waals surface area contributed by atoms with E-state index in [0.717, 1.165) is 12.8 Å². The fourth-order valence-electron chi connectivity index (χ4n) is 3.21. The smallest absolute Gasteiger partial charge is 0.240 e. The number of carbonyl (C=O) groups excluding carboxylic acids is 1. The zero-order valence-electron chi connectivity index (χ0n) is 14.2. The van der Waals surface area contributed by atoms with Crippen LogP contribution in [0.2, 0.25) is 0 Å². The van der Waals surface area contributed by atoms with Gasteiger partial charge in [0, 0.05) is 18.2 Å². The Kier molecular flexibility index (Phi) is 5.50. The van der Waals surface area contributed by atoms with Crippen molar-refractivity contribution in [1.82, 2.24) is 4.72 Å². The summed E-state index contributed by atoms with van der Waals surface area (Å²) < 4.78 is 50.1. The van der Waals surface area contributed by atoms with Gasteiger partial charge in [-0.05, 0) is 49.4 Å². The standard InChI is InChI=1S/C17H22N2O5S2/c20-17(11-13-3-1-2-4-13)18-14-5-7-16(8-6-14)26(23,24)19-15-9-10-25(21,22)12-15/h1,3,5-8,13,15,19H,2,4,9-12H2,(H,18,20). The third kappa shape index (κ3) is 4.93. The highest BCUT2D eigenvalue weighted by atomic mass is 32.2. The van der Waals surface area contributed by atoms with Crippen molar-refractivity contribution in [3.63, 3.8) is 0 Å². The maximum Gasteiger partial charge on any atom is 0.240 e. The zero-order valence-corrected chi connectivity index (χ0v) is 15.9. The molecule has 1 aromatic rings. The second-order valence-corrected chi connectivity index (χ2v) is 10.7. The van der Waals surface area contributed by atoms with Crippen LogP contribution in [0.1, 0.15) is 25.7 Å². The number of sulfone groups is 1. The van der Waals surface area contributed by atoms with E-state index in [2.05, 4.69) is 16.1 Å². The molecule has 1 fully saturated rings. The summed E-state index contributed by atoms with van der Waals surface area (Å²) >= 11 is 0. The minimum Gasteiger partial charge on any atom is -0.326 e. The van der Waals surface area contributed by atoms with E-state index in [4.69, 9.17) is 0 Å². The number of hydrogen-bond donors (Lipinski definition) is 2. The number of anilines is 1. The van der Waals surface area contributed by atoms with Crippen molar-refractivity contribution in [2.45, 2.75) is 36.6 Å². The van der Waals surface area contributed by atoms with Crippen LogP contribution in [-0.4, -0.2) is 40.3 Å². The Bertz CT molecular complexity index is 905. The Morgan fingerprint density at radius 1 is 1.15 bits per heavy atom. The van der Waals surface area contributed by atoms with Crippen molar-refractivity contribution < 1.29 is 21.6 Å². The van der Waals surface area contributed by atoms with E-state index >= 15 is 0 Å². The van der Waals surface area contributed by atoms with Gasteiger partial charge < -0.3 is 5.32 Å². The molecule has 0 radical (unpaired) electrons. The topological polar surface area (TPSA) is 109 Å². The van der Waals surface area contributed by atoms with E-state index < -0.39 is 25.9 Å². The molecule has 0 spiro atoms. The molecule has 7 nitrogen and oxygen atoms in total. The third-order valence-corrected chi connectivity index (χ3v) is 7.87. The molecule has 0 bridgehead atoms. The van der Waals surface area contributed by atoms with E-state index in [1.165, 1.54) is 24.3 Å². The molecule has 2 atom stereocenters. The molecule has 0 aromatic heterocycles. The number of carbonyl (C=O) groups is 1. The Morgan fingerprint density at radius 3 is 2.46 bits per heavy atom. The van der Waals surface area contributed by atoms with E-state index in [9.17, 15) is 21.6 Å². The van der Waals surface area contributed by atoms with Crippen molar-refractivity contribution in [1.29, 1.82) is 0 Å².